The second kappa shape index (κ2) is 5.82. The number of rotatable bonds is 2. The highest BCUT2D eigenvalue weighted by Gasteiger charge is 2.60. The van der Waals surface area contributed by atoms with Gasteiger partial charge in [-0.2, -0.15) is 8.78 Å². The van der Waals surface area contributed by atoms with E-state index in [1.54, 1.807) is 36.7 Å². The van der Waals surface area contributed by atoms with Crippen LogP contribution in [0.5, 0.6) is 11.5 Å². The molecule has 8 heteroatoms. The van der Waals surface area contributed by atoms with Gasteiger partial charge in [0.1, 0.15) is 11.5 Å². The number of hydrogen-bond donors (Lipinski definition) is 1. The van der Waals surface area contributed by atoms with E-state index in [1.165, 1.54) is 7.11 Å². The number of nitrogens with zero attached hydrogens (tertiary/aromatic N) is 2. The SMILES string of the molecule is COc1cncc(-c2ccc3c(c2)C2(CCO3)N=C(N)OCC2(F)F)c1. The third-order valence-corrected chi connectivity index (χ3v) is 4.74. The Labute approximate surface area is 148 Å². The Morgan fingerprint density at radius 3 is 2.81 bits per heavy atom. The number of halogens is 2. The van der Waals surface area contributed by atoms with Crippen LogP contribution in [0.25, 0.3) is 11.1 Å². The number of hydrogen-bond acceptors (Lipinski definition) is 6. The Morgan fingerprint density at radius 1 is 1.15 bits per heavy atom. The zero-order valence-electron chi connectivity index (χ0n) is 14.0. The van der Waals surface area contributed by atoms with Gasteiger partial charge in [-0.15, -0.1) is 0 Å². The lowest BCUT2D eigenvalue weighted by Gasteiger charge is -2.43. The molecule has 1 aromatic heterocycles. The minimum Gasteiger partial charge on any atom is -0.495 e. The first-order valence-electron chi connectivity index (χ1n) is 8.08. The van der Waals surface area contributed by atoms with Gasteiger partial charge in [0.05, 0.1) is 19.9 Å². The molecule has 1 aromatic carbocycles. The summed E-state index contributed by atoms with van der Waals surface area (Å²) in [6.45, 7) is -0.688. The van der Waals surface area contributed by atoms with Crippen LogP contribution in [0.3, 0.4) is 0 Å². The quantitative estimate of drug-likeness (QED) is 0.890. The van der Waals surface area contributed by atoms with Gasteiger partial charge in [-0.1, -0.05) is 6.07 Å². The number of pyridine rings is 1. The summed E-state index contributed by atoms with van der Waals surface area (Å²) >= 11 is 0. The van der Waals surface area contributed by atoms with Crippen molar-refractivity contribution in [3.63, 3.8) is 0 Å². The molecule has 136 valence electrons. The van der Waals surface area contributed by atoms with Crippen LogP contribution in [0, 0.1) is 0 Å². The highest BCUT2D eigenvalue weighted by atomic mass is 19.3. The summed E-state index contributed by atoms with van der Waals surface area (Å²) in [4.78, 5) is 8.15. The van der Waals surface area contributed by atoms with Gasteiger partial charge >= 0.3 is 5.92 Å². The molecule has 2 aliphatic rings. The molecule has 3 heterocycles. The summed E-state index contributed by atoms with van der Waals surface area (Å²) in [6.07, 6.45) is 3.22. The number of alkyl halides is 2. The Hall–Kier alpha value is -2.90. The molecule has 1 spiro atoms. The summed E-state index contributed by atoms with van der Waals surface area (Å²) in [7, 11) is 1.54. The van der Waals surface area contributed by atoms with E-state index in [-0.39, 0.29) is 19.0 Å². The van der Waals surface area contributed by atoms with Crippen LogP contribution in [0.4, 0.5) is 8.78 Å². The average Bonchev–Trinajstić information content (AvgIpc) is 2.65. The van der Waals surface area contributed by atoms with Gasteiger partial charge in [-0.05, 0) is 23.8 Å². The molecule has 2 aromatic rings. The molecule has 2 aliphatic heterocycles. The zero-order valence-corrected chi connectivity index (χ0v) is 14.0. The summed E-state index contributed by atoms with van der Waals surface area (Å²) in [5.41, 5.74) is 5.57. The highest BCUT2D eigenvalue weighted by molar-refractivity contribution is 5.74. The summed E-state index contributed by atoms with van der Waals surface area (Å²) in [5.74, 6) is -2.27. The molecule has 0 radical (unpaired) electrons. The minimum absolute atomic E-state index is 0.0108. The summed E-state index contributed by atoms with van der Waals surface area (Å²) in [6, 6.07) is 6.66. The Bertz CT molecular complexity index is 888. The van der Waals surface area contributed by atoms with Crippen molar-refractivity contribution in [3.8, 4) is 22.6 Å². The van der Waals surface area contributed by atoms with E-state index in [2.05, 4.69) is 9.98 Å². The lowest BCUT2D eigenvalue weighted by molar-refractivity contribution is -0.132. The van der Waals surface area contributed by atoms with Gasteiger partial charge in [-0.25, -0.2) is 4.99 Å². The largest absolute Gasteiger partial charge is 0.495 e. The molecule has 0 bridgehead atoms. The van der Waals surface area contributed by atoms with E-state index in [4.69, 9.17) is 19.9 Å². The van der Waals surface area contributed by atoms with Gasteiger partial charge in [-0.3, -0.25) is 4.98 Å². The highest BCUT2D eigenvalue weighted by Crippen LogP contribution is 2.52. The first kappa shape index (κ1) is 16.6. The number of methoxy groups -OCH3 is 1. The molecule has 6 nitrogen and oxygen atoms in total. The summed E-state index contributed by atoms with van der Waals surface area (Å²) < 4.78 is 45.3. The molecular formula is C18H17F2N3O3. The monoisotopic (exact) mass is 361 g/mol. The van der Waals surface area contributed by atoms with E-state index < -0.39 is 18.1 Å². The van der Waals surface area contributed by atoms with E-state index in [0.717, 1.165) is 5.56 Å². The lowest BCUT2D eigenvalue weighted by atomic mass is 9.78. The maximum absolute atomic E-state index is 14.9. The first-order chi connectivity index (χ1) is 12.4. The number of ether oxygens (including phenoxy) is 3. The number of aromatic nitrogens is 1. The predicted octanol–water partition coefficient (Wildman–Crippen LogP) is 2.72. The molecule has 1 atom stereocenters. The molecule has 2 N–H and O–H groups in total. The van der Waals surface area contributed by atoms with Crippen LogP contribution >= 0.6 is 0 Å². The second-order valence-corrected chi connectivity index (χ2v) is 6.23. The smallest absolute Gasteiger partial charge is 0.310 e. The third kappa shape index (κ3) is 2.44. The zero-order chi connectivity index (χ0) is 18.4. The molecule has 26 heavy (non-hydrogen) atoms. The van der Waals surface area contributed by atoms with Gasteiger partial charge < -0.3 is 19.9 Å². The topological polar surface area (TPSA) is 79.0 Å². The van der Waals surface area contributed by atoms with Crippen molar-refractivity contribution in [2.45, 2.75) is 17.9 Å². The number of benzene rings is 1. The number of fused-ring (bicyclic) bond motifs is 2. The fourth-order valence-electron chi connectivity index (χ4n) is 3.37. The van der Waals surface area contributed by atoms with E-state index in [9.17, 15) is 8.78 Å². The van der Waals surface area contributed by atoms with Crippen molar-refractivity contribution in [1.82, 2.24) is 4.98 Å². The van der Waals surface area contributed by atoms with Crippen LogP contribution < -0.4 is 15.2 Å². The molecule has 1 unspecified atom stereocenters. The van der Waals surface area contributed by atoms with Crippen LogP contribution in [0.1, 0.15) is 12.0 Å². The fraction of sp³-hybridized carbons (Fsp3) is 0.333. The van der Waals surface area contributed by atoms with Crippen molar-refractivity contribution < 1.29 is 23.0 Å². The molecule has 0 fully saturated rings. The molecule has 4 rings (SSSR count). The Morgan fingerprint density at radius 2 is 2.00 bits per heavy atom. The van der Waals surface area contributed by atoms with Crippen molar-refractivity contribution in [2.75, 3.05) is 20.3 Å². The van der Waals surface area contributed by atoms with Crippen LogP contribution in [0.15, 0.2) is 41.7 Å². The van der Waals surface area contributed by atoms with E-state index in [0.29, 0.717) is 22.6 Å². The van der Waals surface area contributed by atoms with Crippen LogP contribution in [0.2, 0.25) is 0 Å². The maximum atomic E-state index is 14.9. The molecule has 0 aliphatic carbocycles. The number of nitrogens with two attached hydrogens (primary N) is 1. The van der Waals surface area contributed by atoms with Gasteiger partial charge in [0.15, 0.2) is 12.1 Å². The van der Waals surface area contributed by atoms with Gasteiger partial charge in [0.25, 0.3) is 6.02 Å². The van der Waals surface area contributed by atoms with Gasteiger partial charge in [0, 0.05) is 23.7 Å². The van der Waals surface area contributed by atoms with E-state index in [1.807, 2.05) is 0 Å². The third-order valence-electron chi connectivity index (χ3n) is 4.74. The van der Waals surface area contributed by atoms with Crippen molar-refractivity contribution in [2.24, 2.45) is 10.7 Å². The van der Waals surface area contributed by atoms with Crippen LogP contribution in [-0.4, -0.2) is 37.3 Å². The van der Waals surface area contributed by atoms with E-state index >= 15 is 0 Å². The molecule has 0 amide bonds. The Kier molecular flexibility index (Phi) is 3.71. The predicted molar refractivity (Wildman–Crippen MR) is 90.5 cm³/mol. The first-order valence-corrected chi connectivity index (χ1v) is 8.08. The van der Waals surface area contributed by atoms with Crippen LogP contribution in [-0.2, 0) is 10.3 Å². The normalized spacial score (nSPS) is 23.4. The second-order valence-electron chi connectivity index (χ2n) is 6.23. The van der Waals surface area contributed by atoms with Crippen molar-refractivity contribution >= 4 is 6.02 Å². The number of aliphatic imine (C=N–C) groups is 1. The molecular weight excluding hydrogens is 344 g/mol. The lowest BCUT2D eigenvalue weighted by Crippen LogP contribution is -2.54. The molecule has 0 saturated heterocycles. The standard InChI is InChI=1S/C18H17F2N3O3/c1-24-13-6-12(8-22-9-13)11-2-3-15-14(7-11)17(4-5-25-15)18(19,20)10-26-16(21)23-17/h2-3,6-9H,4-5,10H2,1H3,(H2,21,23). The average molecular weight is 361 g/mol. The van der Waals surface area contributed by atoms with Crippen molar-refractivity contribution in [3.05, 3.63) is 42.2 Å². The maximum Gasteiger partial charge on any atom is 0.310 e. The van der Waals surface area contributed by atoms with Gasteiger partial charge in [0.2, 0.25) is 0 Å². The van der Waals surface area contributed by atoms with Crippen molar-refractivity contribution in [1.29, 1.82) is 0 Å². The minimum atomic E-state index is -3.21. The number of amidine groups is 1. The fourth-order valence-corrected chi connectivity index (χ4v) is 3.37. The Balaban J connectivity index is 1.89. The molecule has 0 saturated carbocycles. The summed E-state index contributed by atoms with van der Waals surface area (Å²) in [5, 5.41) is 0.